The average molecular weight is 262 g/mol. The summed E-state index contributed by atoms with van der Waals surface area (Å²) >= 11 is 0. The Morgan fingerprint density at radius 3 is 2.47 bits per heavy atom. The number of aromatic nitrogens is 1. The minimum atomic E-state index is -0.623. The van der Waals surface area contributed by atoms with Gasteiger partial charge in [-0.3, -0.25) is 4.79 Å². The normalized spacial score (nSPS) is 16.6. The van der Waals surface area contributed by atoms with Crippen molar-refractivity contribution in [2.45, 2.75) is 0 Å². The highest BCUT2D eigenvalue weighted by Crippen LogP contribution is 2.28. The maximum atomic E-state index is 11.7. The van der Waals surface area contributed by atoms with Crippen LogP contribution in [-0.4, -0.2) is 10.9 Å². The van der Waals surface area contributed by atoms with E-state index in [0.717, 1.165) is 0 Å². The summed E-state index contributed by atoms with van der Waals surface area (Å²) in [5.41, 5.74) is 11.3. The van der Waals surface area contributed by atoms with E-state index in [1.807, 2.05) is 0 Å². The summed E-state index contributed by atoms with van der Waals surface area (Å²) in [6, 6.07) is 1.64. The van der Waals surface area contributed by atoms with Crippen LogP contribution in [0.4, 0.5) is 11.5 Å². The van der Waals surface area contributed by atoms with Crippen LogP contribution in [0.3, 0.4) is 0 Å². The van der Waals surface area contributed by atoms with E-state index in [0.29, 0.717) is 11.5 Å². The van der Waals surface area contributed by atoms with Crippen molar-refractivity contribution in [3.8, 4) is 0 Å². The molecule has 0 fully saturated rings. The Balaban J connectivity index is 2.08. The summed E-state index contributed by atoms with van der Waals surface area (Å²) in [5, 5.41) is 2.94. The molecule has 0 radical (unpaired) electrons. The average Bonchev–Trinajstić information content (AvgIpc) is 3.11. The van der Waals surface area contributed by atoms with E-state index >= 15 is 0 Å². The number of pyridine rings is 1. The molecular weight excluding hydrogens is 252 g/mol. The fourth-order valence-electron chi connectivity index (χ4n) is 1.72. The van der Waals surface area contributed by atoms with Gasteiger partial charge in [-0.2, -0.15) is 0 Å². The predicted molar refractivity (Wildman–Crippen MR) is 64.4 cm³/mol. The monoisotopic (exact) mass is 262 g/mol. The number of anilines is 2. The quantitative estimate of drug-likeness (QED) is 0.678. The van der Waals surface area contributed by atoms with Crippen LogP contribution in [0.2, 0.25) is 0 Å². The Labute approximate surface area is 107 Å². The van der Waals surface area contributed by atoms with Crippen molar-refractivity contribution in [2.75, 3.05) is 10.0 Å². The van der Waals surface area contributed by atoms with Gasteiger partial charge >= 0.3 is 0 Å². The minimum absolute atomic E-state index is 0.216. The lowest BCUT2D eigenvalue weighted by atomic mass is 10.2. The second kappa shape index (κ2) is 4.48. The number of hydrogen-bond donors (Lipinski definition) is 3. The smallest absolute Gasteiger partial charge is 0.254 e. The van der Waals surface area contributed by atoms with Crippen LogP contribution in [0.5, 0.6) is 0 Å². The lowest BCUT2D eigenvalue weighted by Gasteiger charge is -2.21. The topological polar surface area (TPSA) is 105 Å². The maximum Gasteiger partial charge on any atom is 0.254 e. The first-order valence-corrected chi connectivity index (χ1v) is 5.30. The molecule has 2 aliphatic rings. The number of carbonyl (C=O) groups excluding carboxylic acids is 1. The van der Waals surface area contributed by atoms with Gasteiger partial charge in [0.05, 0.1) is 18.1 Å². The maximum absolute atomic E-state index is 11.7. The Bertz CT molecular complexity index is 532. The Morgan fingerprint density at radius 1 is 1.21 bits per heavy atom. The van der Waals surface area contributed by atoms with Gasteiger partial charge in [-0.05, 0) is 6.07 Å². The molecule has 1 aromatic heterocycles. The van der Waals surface area contributed by atoms with Gasteiger partial charge in [0.1, 0.15) is 18.1 Å². The van der Waals surface area contributed by atoms with Gasteiger partial charge in [0.15, 0.2) is 5.82 Å². The van der Waals surface area contributed by atoms with E-state index in [4.69, 9.17) is 15.4 Å². The van der Waals surface area contributed by atoms with Gasteiger partial charge in [0.25, 0.3) is 5.91 Å². The molecule has 4 N–H and O–H groups in total. The molecule has 19 heavy (non-hydrogen) atoms. The molecule has 9 nitrogen and oxygen atoms in total. The number of primary amides is 1. The van der Waals surface area contributed by atoms with Gasteiger partial charge in [0, 0.05) is 6.20 Å². The van der Waals surface area contributed by atoms with Crippen molar-refractivity contribution in [2.24, 2.45) is 5.73 Å². The second-order valence-corrected chi connectivity index (χ2v) is 3.62. The van der Waals surface area contributed by atoms with Crippen LogP contribution in [-0.2, 0) is 9.68 Å². The molecule has 0 atom stereocenters. The summed E-state index contributed by atoms with van der Waals surface area (Å²) in [4.78, 5) is 25.5. The lowest BCUT2D eigenvalue weighted by molar-refractivity contribution is 0.0999. The van der Waals surface area contributed by atoms with Gasteiger partial charge in [0.2, 0.25) is 0 Å². The SMILES string of the molecule is NC(=O)c1c(N2C=CON2)ccnc1N1C=CON1. The summed E-state index contributed by atoms with van der Waals surface area (Å²) in [7, 11) is 0. The Hall–Kier alpha value is -2.78. The van der Waals surface area contributed by atoms with E-state index in [9.17, 15) is 4.79 Å². The van der Waals surface area contributed by atoms with Gasteiger partial charge in [-0.25, -0.2) is 15.0 Å². The van der Waals surface area contributed by atoms with Crippen molar-refractivity contribution in [3.63, 3.8) is 0 Å². The van der Waals surface area contributed by atoms with Crippen LogP contribution in [0.25, 0.3) is 0 Å². The molecule has 3 heterocycles. The van der Waals surface area contributed by atoms with Crippen LogP contribution >= 0.6 is 0 Å². The summed E-state index contributed by atoms with van der Waals surface area (Å²) in [5.74, 6) is -0.303. The van der Waals surface area contributed by atoms with E-state index in [1.165, 1.54) is 22.5 Å². The number of amides is 1. The molecule has 9 heteroatoms. The molecule has 0 saturated heterocycles. The number of nitrogens with one attached hydrogen (secondary N) is 2. The highest BCUT2D eigenvalue weighted by atomic mass is 16.7. The van der Waals surface area contributed by atoms with Gasteiger partial charge in [-0.1, -0.05) is 11.2 Å². The van der Waals surface area contributed by atoms with Crippen molar-refractivity contribution in [3.05, 3.63) is 42.8 Å². The summed E-state index contributed by atoms with van der Waals surface area (Å²) < 4.78 is 0. The van der Waals surface area contributed by atoms with E-state index in [-0.39, 0.29) is 5.56 Å². The van der Waals surface area contributed by atoms with E-state index in [2.05, 4.69) is 16.2 Å². The summed E-state index contributed by atoms with van der Waals surface area (Å²) in [6.45, 7) is 0. The van der Waals surface area contributed by atoms with Crippen molar-refractivity contribution in [1.82, 2.24) is 16.2 Å². The summed E-state index contributed by atoms with van der Waals surface area (Å²) in [6.07, 6.45) is 7.56. The largest absolute Gasteiger partial charge is 0.395 e. The molecule has 0 aromatic carbocycles. The van der Waals surface area contributed by atoms with E-state index < -0.39 is 5.91 Å². The van der Waals surface area contributed by atoms with E-state index in [1.54, 1.807) is 24.7 Å². The van der Waals surface area contributed by atoms with Crippen molar-refractivity contribution >= 4 is 17.4 Å². The standard InChI is InChI=1S/C10H10N6O3/c11-9(17)8-7(15-3-5-18-13-15)1-2-12-10(8)16-4-6-19-14-16/h1-6,13-14H,(H2,11,17). The second-order valence-electron chi connectivity index (χ2n) is 3.62. The number of carbonyl (C=O) groups is 1. The number of hydrogen-bond acceptors (Lipinski definition) is 8. The number of rotatable bonds is 3. The van der Waals surface area contributed by atoms with Crippen LogP contribution in [0, 0.1) is 0 Å². The number of hydrazine groups is 2. The number of nitrogens with two attached hydrogens (primary N) is 1. The van der Waals surface area contributed by atoms with Gasteiger partial charge in [-0.15, -0.1) is 0 Å². The highest BCUT2D eigenvalue weighted by molar-refractivity contribution is 6.03. The fraction of sp³-hybridized carbons (Fsp3) is 0. The first-order chi connectivity index (χ1) is 9.27. The molecule has 2 aliphatic heterocycles. The number of nitrogens with zero attached hydrogens (tertiary/aromatic N) is 3. The molecule has 0 bridgehead atoms. The zero-order chi connectivity index (χ0) is 13.2. The molecule has 0 saturated carbocycles. The highest BCUT2D eigenvalue weighted by Gasteiger charge is 2.24. The molecule has 0 spiro atoms. The Kier molecular flexibility index (Phi) is 2.67. The first kappa shape index (κ1) is 11.3. The molecular formula is C10H10N6O3. The zero-order valence-corrected chi connectivity index (χ0v) is 9.61. The zero-order valence-electron chi connectivity index (χ0n) is 9.61. The molecule has 1 amide bonds. The molecule has 3 rings (SSSR count). The van der Waals surface area contributed by atoms with Crippen LogP contribution in [0.1, 0.15) is 10.4 Å². The minimum Gasteiger partial charge on any atom is -0.395 e. The van der Waals surface area contributed by atoms with Crippen molar-refractivity contribution < 1.29 is 14.5 Å². The third-order valence-corrected chi connectivity index (χ3v) is 2.50. The fourth-order valence-corrected chi connectivity index (χ4v) is 1.72. The van der Waals surface area contributed by atoms with Crippen molar-refractivity contribution in [1.29, 1.82) is 0 Å². The van der Waals surface area contributed by atoms with Crippen LogP contribution in [0.15, 0.2) is 37.2 Å². The molecule has 98 valence electrons. The first-order valence-electron chi connectivity index (χ1n) is 5.30. The Morgan fingerprint density at radius 2 is 1.89 bits per heavy atom. The van der Waals surface area contributed by atoms with Crippen LogP contribution < -0.4 is 26.9 Å². The predicted octanol–water partition coefficient (Wildman–Crippen LogP) is -0.365. The van der Waals surface area contributed by atoms with Gasteiger partial charge < -0.3 is 15.4 Å². The third-order valence-electron chi connectivity index (χ3n) is 2.50. The third kappa shape index (κ3) is 1.92. The lowest BCUT2D eigenvalue weighted by Crippen LogP contribution is -2.34. The molecule has 0 unspecified atom stereocenters. The molecule has 1 aromatic rings. The molecule has 0 aliphatic carbocycles.